The van der Waals surface area contributed by atoms with Gasteiger partial charge in [0.25, 0.3) is 0 Å². The van der Waals surface area contributed by atoms with Crippen molar-refractivity contribution < 1.29 is 19.5 Å². The molecular weight excluding hydrogens is 412 g/mol. The maximum atomic E-state index is 13.0. The lowest BCUT2D eigenvalue weighted by Crippen LogP contribution is -2.19. The van der Waals surface area contributed by atoms with Crippen molar-refractivity contribution in [1.29, 1.82) is 0 Å². The van der Waals surface area contributed by atoms with Crippen LogP contribution in [-0.4, -0.2) is 22.9 Å². The third-order valence-corrected chi connectivity index (χ3v) is 5.61. The summed E-state index contributed by atoms with van der Waals surface area (Å²) in [7, 11) is 0. The van der Waals surface area contributed by atoms with E-state index in [-0.39, 0.29) is 24.7 Å². The predicted octanol–water partition coefficient (Wildman–Crippen LogP) is 4.96. The van der Waals surface area contributed by atoms with Gasteiger partial charge in [0.1, 0.15) is 5.25 Å². The van der Waals surface area contributed by atoms with Crippen molar-refractivity contribution in [3.63, 3.8) is 0 Å². The molecular formula is C24H22N2O4S. The van der Waals surface area contributed by atoms with Crippen LogP contribution in [0.5, 0.6) is 0 Å². The molecule has 3 aromatic rings. The highest BCUT2D eigenvalue weighted by Crippen LogP contribution is 2.36. The topological polar surface area (TPSA) is 95.5 Å². The molecule has 0 aliphatic rings. The van der Waals surface area contributed by atoms with Crippen molar-refractivity contribution in [2.24, 2.45) is 0 Å². The molecule has 0 bridgehead atoms. The third kappa shape index (κ3) is 7.01. The van der Waals surface area contributed by atoms with E-state index in [1.54, 1.807) is 12.1 Å². The van der Waals surface area contributed by atoms with Crippen molar-refractivity contribution in [2.75, 3.05) is 10.6 Å². The van der Waals surface area contributed by atoms with Gasteiger partial charge in [-0.15, -0.1) is 11.8 Å². The number of carbonyl (C=O) groups is 3. The van der Waals surface area contributed by atoms with E-state index in [1.807, 2.05) is 72.8 Å². The van der Waals surface area contributed by atoms with E-state index >= 15 is 0 Å². The third-order valence-electron chi connectivity index (χ3n) is 4.34. The highest BCUT2D eigenvalue weighted by atomic mass is 32.2. The number of carboxylic acid groups (broad SMARTS) is 1. The molecule has 31 heavy (non-hydrogen) atoms. The lowest BCUT2D eigenvalue weighted by atomic mass is 10.1. The second-order valence-corrected chi connectivity index (χ2v) is 7.91. The molecule has 1 atom stereocenters. The Balaban J connectivity index is 1.70. The lowest BCUT2D eigenvalue weighted by Gasteiger charge is -2.17. The largest absolute Gasteiger partial charge is 0.481 e. The molecule has 0 radical (unpaired) electrons. The zero-order valence-corrected chi connectivity index (χ0v) is 17.5. The smallest absolute Gasteiger partial charge is 0.303 e. The Hall–Kier alpha value is -3.58. The normalized spacial score (nSPS) is 11.4. The molecule has 3 N–H and O–H groups in total. The molecule has 1 unspecified atom stereocenters. The molecule has 6 nitrogen and oxygen atoms in total. The number of hydrogen-bond donors (Lipinski definition) is 3. The van der Waals surface area contributed by atoms with Crippen LogP contribution in [-0.2, 0) is 14.4 Å². The van der Waals surface area contributed by atoms with E-state index in [9.17, 15) is 14.4 Å². The number of amides is 2. The number of rotatable bonds is 9. The summed E-state index contributed by atoms with van der Waals surface area (Å²) in [6.07, 6.45) is -0.295. The van der Waals surface area contributed by atoms with Crippen LogP contribution in [0.25, 0.3) is 0 Å². The number of hydrogen-bond acceptors (Lipinski definition) is 4. The van der Waals surface area contributed by atoms with Gasteiger partial charge in [0.05, 0.1) is 6.42 Å². The van der Waals surface area contributed by atoms with Crippen molar-refractivity contribution >= 4 is 40.9 Å². The summed E-state index contributed by atoms with van der Waals surface area (Å²) < 4.78 is 0. The molecule has 0 spiro atoms. The number of para-hydroxylation sites is 1. The predicted molar refractivity (Wildman–Crippen MR) is 122 cm³/mol. The minimum absolute atomic E-state index is 0.0818. The number of carboxylic acids is 1. The van der Waals surface area contributed by atoms with Gasteiger partial charge in [0, 0.05) is 22.7 Å². The van der Waals surface area contributed by atoms with Crippen LogP contribution in [0.4, 0.5) is 11.4 Å². The van der Waals surface area contributed by atoms with Crippen LogP contribution in [0.15, 0.2) is 89.8 Å². The molecule has 0 heterocycles. The van der Waals surface area contributed by atoms with Crippen LogP contribution in [0.2, 0.25) is 0 Å². The van der Waals surface area contributed by atoms with E-state index in [0.717, 1.165) is 16.1 Å². The van der Waals surface area contributed by atoms with Gasteiger partial charge in [0.15, 0.2) is 0 Å². The van der Waals surface area contributed by atoms with E-state index in [1.165, 1.54) is 11.8 Å². The van der Waals surface area contributed by atoms with Crippen molar-refractivity contribution in [3.05, 3.63) is 90.5 Å². The molecule has 0 aromatic heterocycles. The van der Waals surface area contributed by atoms with Gasteiger partial charge in [-0.3, -0.25) is 14.4 Å². The number of benzene rings is 3. The number of carbonyl (C=O) groups excluding carboxylic acids is 2. The Labute approximate surface area is 184 Å². The van der Waals surface area contributed by atoms with E-state index in [2.05, 4.69) is 10.6 Å². The second-order valence-electron chi connectivity index (χ2n) is 6.73. The average Bonchev–Trinajstić information content (AvgIpc) is 2.78. The fourth-order valence-corrected chi connectivity index (χ4v) is 3.85. The summed E-state index contributed by atoms with van der Waals surface area (Å²) in [5, 5.41) is 13.8. The summed E-state index contributed by atoms with van der Waals surface area (Å²) in [6, 6.07) is 25.9. The van der Waals surface area contributed by atoms with E-state index in [0.29, 0.717) is 5.69 Å². The molecule has 0 fully saturated rings. The Bertz CT molecular complexity index is 1020. The zero-order valence-electron chi connectivity index (χ0n) is 16.7. The maximum absolute atomic E-state index is 13.0. The molecule has 0 aliphatic heterocycles. The molecule has 3 rings (SSSR count). The monoisotopic (exact) mass is 434 g/mol. The fraction of sp³-hybridized carbons (Fsp3) is 0.125. The van der Waals surface area contributed by atoms with Crippen molar-refractivity contribution in [1.82, 2.24) is 0 Å². The van der Waals surface area contributed by atoms with E-state index in [4.69, 9.17) is 5.11 Å². The summed E-state index contributed by atoms with van der Waals surface area (Å²) in [4.78, 5) is 36.3. The van der Waals surface area contributed by atoms with Crippen LogP contribution < -0.4 is 10.6 Å². The van der Waals surface area contributed by atoms with Crippen LogP contribution in [0.1, 0.15) is 23.7 Å². The van der Waals surface area contributed by atoms with Crippen LogP contribution in [0.3, 0.4) is 0 Å². The minimum Gasteiger partial charge on any atom is -0.481 e. The molecule has 7 heteroatoms. The Morgan fingerprint density at radius 1 is 0.742 bits per heavy atom. The Morgan fingerprint density at radius 3 is 1.94 bits per heavy atom. The average molecular weight is 435 g/mol. The molecule has 158 valence electrons. The standard InChI is InChI=1S/C24H22N2O4S/c27-21(15-16-22(28)29)25-19-11-13-20(14-12-19)31-23(17-7-3-1-4-8-17)24(30)26-18-9-5-2-6-10-18/h1-14,23H,15-16H2,(H,25,27)(H,26,30)(H,28,29). The number of aliphatic carboxylic acids is 1. The highest BCUT2D eigenvalue weighted by Gasteiger charge is 2.22. The summed E-state index contributed by atoms with van der Waals surface area (Å²) in [5.41, 5.74) is 2.19. The summed E-state index contributed by atoms with van der Waals surface area (Å²) in [5.74, 6) is -1.50. The zero-order chi connectivity index (χ0) is 22.1. The first-order valence-electron chi connectivity index (χ1n) is 9.70. The quantitative estimate of drug-likeness (QED) is 0.414. The Morgan fingerprint density at radius 2 is 1.32 bits per heavy atom. The van der Waals surface area contributed by atoms with Gasteiger partial charge in [-0.1, -0.05) is 48.5 Å². The van der Waals surface area contributed by atoms with Crippen molar-refractivity contribution in [3.8, 4) is 0 Å². The maximum Gasteiger partial charge on any atom is 0.303 e. The van der Waals surface area contributed by atoms with Gasteiger partial charge >= 0.3 is 5.97 Å². The van der Waals surface area contributed by atoms with E-state index < -0.39 is 11.2 Å². The van der Waals surface area contributed by atoms with Gasteiger partial charge in [0.2, 0.25) is 11.8 Å². The van der Waals surface area contributed by atoms with Crippen molar-refractivity contribution in [2.45, 2.75) is 23.0 Å². The first-order valence-corrected chi connectivity index (χ1v) is 10.6. The Kier molecular flexibility index (Phi) is 7.84. The van der Waals surface area contributed by atoms with Crippen LogP contribution in [0, 0.1) is 0 Å². The first-order chi connectivity index (χ1) is 15.0. The SMILES string of the molecule is O=C(O)CCC(=O)Nc1ccc(SC(C(=O)Nc2ccccc2)c2ccccc2)cc1. The minimum atomic E-state index is -1.01. The summed E-state index contributed by atoms with van der Waals surface area (Å²) in [6.45, 7) is 0. The second kappa shape index (κ2) is 11.0. The lowest BCUT2D eigenvalue weighted by molar-refractivity contribution is -0.138. The summed E-state index contributed by atoms with van der Waals surface area (Å²) >= 11 is 1.41. The first kappa shape index (κ1) is 22.1. The number of nitrogens with one attached hydrogen (secondary N) is 2. The van der Waals surface area contributed by atoms with Gasteiger partial charge < -0.3 is 15.7 Å². The molecule has 0 saturated heterocycles. The van der Waals surface area contributed by atoms with Crippen LogP contribution >= 0.6 is 11.8 Å². The highest BCUT2D eigenvalue weighted by molar-refractivity contribution is 8.00. The van der Waals surface area contributed by atoms with Gasteiger partial charge in [-0.2, -0.15) is 0 Å². The fourth-order valence-electron chi connectivity index (χ4n) is 2.83. The van der Waals surface area contributed by atoms with Gasteiger partial charge in [-0.25, -0.2) is 0 Å². The molecule has 3 aromatic carbocycles. The molecule has 2 amide bonds. The molecule has 0 saturated carbocycles. The number of thioether (sulfide) groups is 1. The molecule has 0 aliphatic carbocycles. The van der Waals surface area contributed by atoms with Gasteiger partial charge in [-0.05, 0) is 42.0 Å². The number of anilines is 2.